The highest BCUT2D eigenvalue weighted by atomic mass is 79.9. The fraction of sp³-hybridized carbons (Fsp3) is 0.417. The first-order valence-corrected chi connectivity index (χ1v) is 6.59. The van der Waals surface area contributed by atoms with Gasteiger partial charge in [0.15, 0.2) is 0 Å². The first-order valence-electron chi connectivity index (χ1n) is 5.35. The van der Waals surface area contributed by atoms with Crippen molar-refractivity contribution in [2.24, 2.45) is 5.92 Å². The molecule has 1 aromatic carbocycles. The minimum Gasteiger partial charge on any atom is -0.338 e. The molecule has 1 amide bonds. The maximum Gasteiger partial charge on any atom is 0.255 e. The van der Waals surface area contributed by atoms with Gasteiger partial charge in [-0.1, -0.05) is 6.92 Å². The van der Waals surface area contributed by atoms with Crippen LogP contribution >= 0.6 is 28.6 Å². The number of benzene rings is 1. The van der Waals surface area contributed by atoms with Crippen LogP contribution in [0, 0.1) is 5.92 Å². The van der Waals surface area contributed by atoms with Crippen molar-refractivity contribution >= 4 is 34.5 Å². The Balaban J connectivity index is 2.23. The number of hydrogen-bond acceptors (Lipinski definition) is 2. The molecule has 0 bridgehead atoms. The third-order valence-corrected chi connectivity index (χ3v) is 3.86. The number of nitrogens with zero attached hydrogens (tertiary/aromatic N) is 1. The van der Waals surface area contributed by atoms with Crippen molar-refractivity contribution in [3.05, 3.63) is 28.2 Å². The highest BCUT2D eigenvalue weighted by molar-refractivity contribution is 9.10. The second kappa shape index (κ2) is 4.80. The molecule has 1 aromatic rings. The Morgan fingerprint density at radius 3 is 2.94 bits per heavy atom. The second-order valence-electron chi connectivity index (χ2n) is 4.31. The summed E-state index contributed by atoms with van der Waals surface area (Å²) >= 11 is 7.68. The molecular formula is C12H14BrNOS. The molecule has 0 N–H and O–H groups in total. The lowest BCUT2D eigenvalue weighted by Crippen LogP contribution is -2.28. The molecule has 1 unspecified atom stereocenters. The van der Waals surface area contributed by atoms with Crippen LogP contribution in [0.4, 0.5) is 0 Å². The number of thiol groups is 1. The Morgan fingerprint density at radius 2 is 2.31 bits per heavy atom. The van der Waals surface area contributed by atoms with Crippen molar-refractivity contribution in [3.63, 3.8) is 0 Å². The first kappa shape index (κ1) is 12.0. The number of halogens is 1. The number of likely N-dealkylation sites (tertiary alicyclic amines) is 1. The highest BCUT2D eigenvalue weighted by Crippen LogP contribution is 2.24. The summed E-state index contributed by atoms with van der Waals surface area (Å²) in [6.07, 6.45) is 1.10. The average molecular weight is 300 g/mol. The van der Waals surface area contributed by atoms with Crippen molar-refractivity contribution in [2.45, 2.75) is 18.2 Å². The first-order chi connectivity index (χ1) is 7.58. The average Bonchev–Trinajstić information content (AvgIpc) is 2.67. The van der Waals surface area contributed by atoms with Gasteiger partial charge in [0.1, 0.15) is 0 Å². The predicted molar refractivity (Wildman–Crippen MR) is 71.1 cm³/mol. The van der Waals surface area contributed by atoms with E-state index >= 15 is 0 Å². The normalized spacial score (nSPS) is 20.2. The fourth-order valence-electron chi connectivity index (χ4n) is 1.97. The topological polar surface area (TPSA) is 20.3 Å². The quantitative estimate of drug-likeness (QED) is 0.790. The molecule has 2 nitrogen and oxygen atoms in total. The zero-order valence-electron chi connectivity index (χ0n) is 9.11. The van der Waals surface area contributed by atoms with Gasteiger partial charge in [0, 0.05) is 22.5 Å². The second-order valence-corrected chi connectivity index (χ2v) is 5.68. The van der Waals surface area contributed by atoms with Gasteiger partial charge in [-0.25, -0.2) is 0 Å². The maximum absolute atomic E-state index is 12.2. The Bertz CT molecular complexity index is 421. The lowest BCUT2D eigenvalue weighted by atomic mass is 10.2. The van der Waals surface area contributed by atoms with Crippen LogP contribution in [0.2, 0.25) is 0 Å². The van der Waals surface area contributed by atoms with E-state index in [1.165, 1.54) is 0 Å². The number of amides is 1. The molecule has 16 heavy (non-hydrogen) atoms. The molecular weight excluding hydrogens is 286 g/mol. The summed E-state index contributed by atoms with van der Waals surface area (Å²) in [6, 6.07) is 5.56. The van der Waals surface area contributed by atoms with Crippen LogP contribution < -0.4 is 0 Å². The predicted octanol–water partition coefficient (Wildman–Crippen LogP) is 3.22. The molecule has 1 atom stereocenters. The molecule has 0 saturated carbocycles. The van der Waals surface area contributed by atoms with Gasteiger partial charge in [0.05, 0.1) is 5.56 Å². The van der Waals surface area contributed by atoms with E-state index < -0.39 is 0 Å². The van der Waals surface area contributed by atoms with Gasteiger partial charge in [0.25, 0.3) is 5.91 Å². The molecule has 4 heteroatoms. The summed E-state index contributed by atoms with van der Waals surface area (Å²) in [4.78, 5) is 15.0. The third-order valence-electron chi connectivity index (χ3n) is 2.89. The summed E-state index contributed by atoms with van der Waals surface area (Å²) in [6.45, 7) is 3.91. The molecule has 1 heterocycles. The van der Waals surface area contributed by atoms with Crippen LogP contribution in [0.25, 0.3) is 0 Å². The van der Waals surface area contributed by atoms with Crippen molar-refractivity contribution in [1.29, 1.82) is 0 Å². The van der Waals surface area contributed by atoms with E-state index in [0.29, 0.717) is 11.5 Å². The van der Waals surface area contributed by atoms with Crippen molar-refractivity contribution in [2.75, 3.05) is 13.1 Å². The molecule has 0 radical (unpaired) electrons. The van der Waals surface area contributed by atoms with Crippen LogP contribution in [0.3, 0.4) is 0 Å². The van der Waals surface area contributed by atoms with Gasteiger partial charge >= 0.3 is 0 Å². The van der Waals surface area contributed by atoms with Gasteiger partial charge in [-0.15, -0.1) is 12.6 Å². The standard InChI is InChI=1S/C12H14BrNOS/c1-8-4-5-14(7-8)12(15)10-6-9(16)2-3-11(10)13/h2-3,6,8,16H,4-5,7H2,1H3. The summed E-state index contributed by atoms with van der Waals surface area (Å²) < 4.78 is 0.842. The zero-order valence-corrected chi connectivity index (χ0v) is 11.6. The van der Waals surface area contributed by atoms with Crippen LogP contribution in [0.5, 0.6) is 0 Å². The van der Waals surface area contributed by atoms with Crippen molar-refractivity contribution < 1.29 is 4.79 Å². The van der Waals surface area contributed by atoms with E-state index in [1.54, 1.807) is 0 Å². The largest absolute Gasteiger partial charge is 0.338 e. The lowest BCUT2D eigenvalue weighted by Gasteiger charge is -2.17. The summed E-state index contributed by atoms with van der Waals surface area (Å²) in [5.41, 5.74) is 0.710. The molecule has 1 aliphatic rings. The summed E-state index contributed by atoms with van der Waals surface area (Å²) in [5, 5.41) is 0. The van der Waals surface area contributed by atoms with Gasteiger partial charge in [-0.05, 0) is 46.5 Å². The van der Waals surface area contributed by atoms with E-state index in [-0.39, 0.29) is 5.91 Å². The van der Waals surface area contributed by atoms with Crippen LogP contribution in [0.15, 0.2) is 27.6 Å². The molecule has 1 fully saturated rings. The third kappa shape index (κ3) is 2.43. The van der Waals surface area contributed by atoms with Crippen molar-refractivity contribution in [3.8, 4) is 0 Å². The molecule has 0 spiro atoms. The van der Waals surface area contributed by atoms with Crippen LogP contribution in [0.1, 0.15) is 23.7 Å². The monoisotopic (exact) mass is 299 g/mol. The number of carbonyl (C=O) groups is 1. The smallest absolute Gasteiger partial charge is 0.255 e. The van der Waals surface area contributed by atoms with E-state index in [4.69, 9.17) is 0 Å². The molecule has 2 rings (SSSR count). The molecule has 1 aliphatic heterocycles. The van der Waals surface area contributed by atoms with Gasteiger partial charge < -0.3 is 4.90 Å². The summed E-state index contributed by atoms with van der Waals surface area (Å²) in [7, 11) is 0. The van der Waals surface area contributed by atoms with Crippen LogP contribution in [-0.2, 0) is 0 Å². The van der Waals surface area contributed by atoms with Crippen molar-refractivity contribution in [1.82, 2.24) is 4.90 Å². The molecule has 86 valence electrons. The fourth-order valence-corrected chi connectivity index (χ4v) is 2.59. The van der Waals surface area contributed by atoms with E-state index in [2.05, 4.69) is 35.5 Å². The minimum atomic E-state index is 0.104. The maximum atomic E-state index is 12.2. The highest BCUT2D eigenvalue weighted by Gasteiger charge is 2.25. The molecule has 0 aromatic heterocycles. The van der Waals surface area contributed by atoms with Crippen LogP contribution in [-0.4, -0.2) is 23.9 Å². The minimum absolute atomic E-state index is 0.104. The van der Waals surface area contributed by atoms with E-state index in [0.717, 1.165) is 28.9 Å². The SMILES string of the molecule is CC1CCN(C(=O)c2cc(S)ccc2Br)C1. The molecule has 1 saturated heterocycles. The number of rotatable bonds is 1. The van der Waals surface area contributed by atoms with E-state index in [1.807, 2.05) is 23.1 Å². The van der Waals surface area contributed by atoms with Gasteiger partial charge in [0.2, 0.25) is 0 Å². The van der Waals surface area contributed by atoms with E-state index in [9.17, 15) is 4.79 Å². The van der Waals surface area contributed by atoms with Gasteiger partial charge in [-0.3, -0.25) is 4.79 Å². The zero-order chi connectivity index (χ0) is 11.7. The Hall–Kier alpha value is -0.480. The number of carbonyl (C=O) groups excluding carboxylic acids is 1. The number of hydrogen-bond donors (Lipinski definition) is 1. The Kier molecular flexibility index (Phi) is 3.60. The Morgan fingerprint density at radius 1 is 1.56 bits per heavy atom. The molecule has 0 aliphatic carbocycles. The van der Waals surface area contributed by atoms with Gasteiger partial charge in [-0.2, -0.15) is 0 Å². The lowest BCUT2D eigenvalue weighted by molar-refractivity contribution is 0.0787. The summed E-state index contributed by atoms with van der Waals surface area (Å²) in [5.74, 6) is 0.717. The Labute approximate surface area is 110 Å².